The summed E-state index contributed by atoms with van der Waals surface area (Å²) in [4.78, 5) is 11.9. The van der Waals surface area contributed by atoms with Crippen LogP contribution in [0.1, 0.15) is 23.4 Å². The van der Waals surface area contributed by atoms with Gasteiger partial charge in [-0.15, -0.1) is 0 Å². The number of hydrogen-bond acceptors (Lipinski definition) is 2. The van der Waals surface area contributed by atoms with E-state index in [1.54, 1.807) is 7.11 Å². The highest BCUT2D eigenvalue weighted by atomic mass is 16.5. The Morgan fingerprint density at radius 3 is 2.29 bits per heavy atom. The fourth-order valence-corrected chi connectivity index (χ4v) is 2.30. The van der Waals surface area contributed by atoms with E-state index in [-0.39, 0.29) is 5.91 Å². The van der Waals surface area contributed by atoms with Crippen LogP contribution in [0.3, 0.4) is 0 Å². The summed E-state index contributed by atoms with van der Waals surface area (Å²) in [5, 5.41) is 2.94. The van der Waals surface area contributed by atoms with E-state index in [0.29, 0.717) is 13.0 Å². The minimum atomic E-state index is 0.0679. The molecule has 0 spiro atoms. The molecule has 0 radical (unpaired) electrons. The molecule has 0 saturated carbocycles. The van der Waals surface area contributed by atoms with Gasteiger partial charge in [0.05, 0.1) is 7.11 Å². The van der Waals surface area contributed by atoms with E-state index in [0.717, 1.165) is 17.9 Å². The molecule has 0 aliphatic heterocycles. The molecule has 4 heteroatoms. The number of amides is 1. The molecule has 4 nitrogen and oxygen atoms in total. The van der Waals surface area contributed by atoms with Gasteiger partial charge in [-0.3, -0.25) is 4.79 Å². The third-order valence-electron chi connectivity index (χ3n) is 3.63. The summed E-state index contributed by atoms with van der Waals surface area (Å²) in [5.74, 6) is 0.891. The van der Waals surface area contributed by atoms with Crippen LogP contribution in [0.25, 0.3) is 0 Å². The molecule has 1 heterocycles. The van der Waals surface area contributed by atoms with Crippen molar-refractivity contribution in [1.29, 1.82) is 0 Å². The van der Waals surface area contributed by atoms with Crippen molar-refractivity contribution < 1.29 is 9.53 Å². The summed E-state index contributed by atoms with van der Waals surface area (Å²) in [6.07, 6.45) is 0.493. The van der Waals surface area contributed by atoms with Crippen LogP contribution in [0.5, 0.6) is 5.75 Å². The van der Waals surface area contributed by atoms with Gasteiger partial charge in [-0.2, -0.15) is 0 Å². The van der Waals surface area contributed by atoms with Crippen LogP contribution in [0, 0.1) is 13.8 Å². The highest BCUT2D eigenvalue weighted by Gasteiger charge is 2.05. The van der Waals surface area contributed by atoms with Crippen LogP contribution in [0.2, 0.25) is 0 Å². The Labute approximate surface area is 125 Å². The minimum absolute atomic E-state index is 0.0679. The third kappa shape index (κ3) is 4.12. The number of carbonyl (C=O) groups excluding carboxylic acids is 1. The summed E-state index contributed by atoms with van der Waals surface area (Å²) in [7, 11) is 1.64. The van der Waals surface area contributed by atoms with Gasteiger partial charge in [0.1, 0.15) is 5.75 Å². The number of benzene rings is 1. The molecule has 1 amide bonds. The SMILES string of the molecule is COc1ccc(CNC(=O)CCn2c(C)ccc2C)cc1. The predicted octanol–water partition coefficient (Wildman–Crippen LogP) is 2.82. The lowest BCUT2D eigenvalue weighted by molar-refractivity contribution is -0.121. The quantitative estimate of drug-likeness (QED) is 0.887. The number of aromatic nitrogens is 1. The van der Waals surface area contributed by atoms with E-state index in [4.69, 9.17) is 4.74 Å². The molecule has 21 heavy (non-hydrogen) atoms. The maximum Gasteiger partial charge on any atom is 0.222 e. The average molecular weight is 286 g/mol. The second kappa shape index (κ2) is 6.97. The molecule has 2 rings (SSSR count). The first-order valence-corrected chi connectivity index (χ1v) is 7.12. The second-order valence-electron chi connectivity index (χ2n) is 5.14. The van der Waals surface area contributed by atoms with Gasteiger partial charge in [-0.25, -0.2) is 0 Å². The Bertz CT molecular complexity index is 580. The fourth-order valence-electron chi connectivity index (χ4n) is 2.30. The molecule has 1 N–H and O–H groups in total. The second-order valence-corrected chi connectivity index (χ2v) is 5.14. The van der Waals surface area contributed by atoms with Gasteiger partial charge in [0, 0.05) is 30.9 Å². The van der Waals surface area contributed by atoms with Crippen LogP contribution >= 0.6 is 0 Å². The zero-order valence-electron chi connectivity index (χ0n) is 12.8. The molecule has 0 aliphatic rings. The first-order valence-electron chi connectivity index (χ1n) is 7.12. The van der Waals surface area contributed by atoms with Crippen molar-refractivity contribution in [2.45, 2.75) is 33.4 Å². The number of methoxy groups -OCH3 is 1. The lowest BCUT2D eigenvalue weighted by Crippen LogP contribution is -2.24. The lowest BCUT2D eigenvalue weighted by Gasteiger charge is -2.10. The monoisotopic (exact) mass is 286 g/mol. The molecule has 0 saturated heterocycles. The average Bonchev–Trinajstić information content (AvgIpc) is 2.82. The highest BCUT2D eigenvalue weighted by molar-refractivity contribution is 5.75. The number of carbonyl (C=O) groups is 1. The molecule has 1 aromatic heterocycles. The third-order valence-corrected chi connectivity index (χ3v) is 3.63. The molecular formula is C17H22N2O2. The maximum atomic E-state index is 11.9. The zero-order valence-corrected chi connectivity index (χ0v) is 12.8. The Kier molecular flexibility index (Phi) is 5.04. The molecule has 0 bridgehead atoms. The summed E-state index contributed by atoms with van der Waals surface area (Å²) in [6, 6.07) is 11.9. The van der Waals surface area contributed by atoms with Crippen LogP contribution in [0.15, 0.2) is 36.4 Å². The van der Waals surface area contributed by atoms with Crippen molar-refractivity contribution in [3.8, 4) is 5.75 Å². The van der Waals surface area contributed by atoms with Crippen LogP contribution in [-0.4, -0.2) is 17.6 Å². The van der Waals surface area contributed by atoms with Crippen molar-refractivity contribution >= 4 is 5.91 Å². The molecular weight excluding hydrogens is 264 g/mol. The fraction of sp³-hybridized carbons (Fsp3) is 0.353. The minimum Gasteiger partial charge on any atom is -0.497 e. The number of aryl methyl sites for hydroxylation is 2. The molecule has 0 aliphatic carbocycles. The number of ether oxygens (including phenoxy) is 1. The topological polar surface area (TPSA) is 43.3 Å². The van der Waals surface area contributed by atoms with Gasteiger partial charge < -0.3 is 14.6 Å². The van der Waals surface area contributed by atoms with Crippen molar-refractivity contribution in [1.82, 2.24) is 9.88 Å². The highest BCUT2D eigenvalue weighted by Crippen LogP contribution is 2.11. The van der Waals surface area contributed by atoms with Crippen LogP contribution in [0.4, 0.5) is 0 Å². The number of hydrogen-bond donors (Lipinski definition) is 1. The van der Waals surface area contributed by atoms with E-state index in [1.807, 2.05) is 24.3 Å². The normalized spacial score (nSPS) is 10.4. The molecule has 0 unspecified atom stereocenters. The first kappa shape index (κ1) is 15.2. The lowest BCUT2D eigenvalue weighted by atomic mass is 10.2. The van der Waals surface area contributed by atoms with Crippen LogP contribution in [-0.2, 0) is 17.9 Å². The summed E-state index contributed by atoms with van der Waals surface area (Å²) in [6.45, 7) is 5.39. The van der Waals surface area contributed by atoms with Crippen molar-refractivity contribution in [2.24, 2.45) is 0 Å². The van der Waals surface area contributed by atoms with Crippen molar-refractivity contribution in [3.63, 3.8) is 0 Å². The smallest absolute Gasteiger partial charge is 0.222 e. The van der Waals surface area contributed by atoms with E-state index in [2.05, 4.69) is 35.9 Å². The van der Waals surface area contributed by atoms with Gasteiger partial charge in [-0.1, -0.05) is 12.1 Å². The molecule has 112 valence electrons. The van der Waals surface area contributed by atoms with E-state index in [9.17, 15) is 4.79 Å². The zero-order chi connectivity index (χ0) is 15.2. The van der Waals surface area contributed by atoms with Gasteiger partial charge in [0.15, 0.2) is 0 Å². The summed E-state index contributed by atoms with van der Waals surface area (Å²) in [5.41, 5.74) is 3.45. The van der Waals surface area contributed by atoms with Gasteiger partial charge in [0.25, 0.3) is 0 Å². The van der Waals surface area contributed by atoms with Gasteiger partial charge >= 0.3 is 0 Å². The Balaban J connectivity index is 1.79. The summed E-state index contributed by atoms with van der Waals surface area (Å²) >= 11 is 0. The predicted molar refractivity (Wildman–Crippen MR) is 83.4 cm³/mol. The Hall–Kier alpha value is -2.23. The largest absolute Gasteiger partial charge is 0.497 e. The van der Waals surface area contributed by atoms with Crippen LogP contribution < -0.4 is 10.1 Å². The first-order chi connectivity index (χ1) is 10.1. The molecule has 0 fully saturated rings. The van der Waals surface area contributed by atoms with Crippen molar-refractivity contribution in [2.75, 3.05) is 7.11 Å². The van der Waals surface area contributed by atoms with Gasteiger partial charge in [0.2, 0.25) is 5.91 Å². The number of nitrogens with one attached hydrogen (secondary N) is 1. The van der Waals surface area contributed by atoms with E-state index in [1.165, 1.54) is 11.4 Å². The number of nitrogens with zero attached hydrogens (tertiary/aromatic N) is 1. The summed E-state index contributed by atoms with van der Waals surface area (Å²) < 4.78 is 7.27. The Morgan fingerprint density at radius 2 is 1.71 bits per heavy atom. The van der Waals surface area contributed by atoms with E-state index >= 15 is 0 Å². The molecule has 1 aromatic carbocycles. The van der Waals surface area contributed by atoms with E-state index < -0.39 is 0 Å². The Morgan fingerprint density at radius 1 is 1.10 bits per heavy atom. The number of rotatable bonds is 6. The maximum absolute atomic E-state index is 11.9. The molecule has 2 aromatic rings. The van der Waals surface area contributed by atoms with Crippen molar-refractivity contribution in [3.05, 3.63) is 53.3 Å². The standard InChI is InChI=1S/C17H22N2O2/c1-13-4-5-14(2)19(13)11-10-17(20)18-12-15-6-8-16(21-3)9-7-15/h4-9H,10-12H2,1-3H3,(H,18,20). The van der Waals surface area contributed by atoms with Gasteiger partial charge in [-0.05, 0) is 43.7 Å². The molecule has 0 atom stereocenters.